The van der Waals surface area contributed by atoms with Crippen LogP contribution in [0.25, 0.3) is 0 Å². The van der Waals surface area contributed by atoms with Gasteiger partial charge in [0.05, 0.1) is 6.26 Å². The van der Waals surface area contributed by atoms with Crippen molar-refractivity contribution in [3.05, 3.63) is 93.8 Å². The van der Waals surface area contributed by atoms with Crippen LogP contribution in [0.4, 0.5) is 13.2 Å². The van der Waals surface area contributed by atoms with E-state index in [-0.39, 0.29) is 5.56 Å². The number of nitrogens with one attached hydrogen (secondary N) is 2. The smallest absolute Gasteiger partial charge is 0.415 e. The largest absolute Gasteiger partial charge is 0.467 e. The van der Waals surface area contributed by atoms with Gasteiger partial charge in [0.1, 0.15) is 16.9 Å². The Bertz CT molecular complexity index is 1160. The number of benzene rings is 1. The van der Waals surface area contributed by atoms with Gasteiger partial charge in [-0.25, -0.2) is 0 Å². The lowest BCUT2D eigenvalue weighted by molar-refractivity contribution is -0.159. The molecule has 7 nitrogen and oxygen atoms in total. The summed E-state index contributed by atoms with van der Waals surface area (Å²) in [7, 11) is 1.31. The quantitative estimate of drug-likeness (QED) is 0.537. The fourth-order valence-corrected chi connectivity index (χ4v) is 3.31. The van der Waals surface area contributed by atoms with Gasteiger partial charge in [0.25, 0.3) is 11.8 Å². The molecule has 2 aromatic heterocycles. The summed E-state index contributed by atoms with van der Waals surface area (Å²) >= 11 is 0. The Balaban J connectivity index is 1.89. The molecule has 3 rings (SSSR count). The van der Waals surface area contributed by atoms with Crippen molar-refractivity contribution in [2.75, 3.05) is 7.05 Å². The Morgan fingerprint density at radius 1 is 1.03 bits per heavy atom. The number of furan rings is 1. The zero-order chi connectivity index (χ0) is 24.0. The summed E-state index contributed by atoms with van der Waals surface area (Å²) in [6.45, 7) is 0.334. The second-order valence-electron chi connectivity index (χ2n) is 7.28. The molecule has 0 saturated carbocycles. The van der Waals surface area contributed by atoms with Crippen LogP contribution in [-0.4, -0.2) is 29.6 Å². The summed E-state index contributed by atoms with van der Waals surface area (Å²) in [6.07, 6.45) is -0.0642. The Morgan fingerprint density at radius 2 is 1.70 bits per heavy atom. The molecule has 0 fully saturated rings. The predicted molar refractivity (Wildman–Crippen MR) is 114 cm³/mol. The maximum atomic E-state index is 13.5. The molecule has 0 saturated heterocycles. The van der Waals surface area contributed by atoms with Crippen LogP contribution >= 0.6 is 0 Å². The van der Waals surface area contributed by atoms with Crippen molar-refractivity contribution in [3.63, 3.8) is 0 Å². The van der Waals surface area contributed by atoms with Gasteiger partial charge in [0.15, 0.2) is 6.04 Å². The van der Waals surface area contributed by atoms with E-state index in [1.54, 1.807) is 0 Å². The number of nitrogens with zero attached hydrogens (tertiary/aromatic N) is 1. The molecule has 1 unspecified atom stereocenters. The molecule has 0 aliphatic rings. The average Bonchev–Trinajstić information content (AvgIpc) is 3.32. The molecule has 1 atom stereocenters. The molecular weight excluding hydrogens is 439 g/mol. The van der Waals surface area contributed by atoms with Crippen LogP contribution < -0.4 is 16.1 Å². The number of carbonyl (C=O) groups is 2. The number of halogens is 3. The van der Waals surface area contributed by atoms with Crippen LogP contribution in [0.3, 0.4) is 0 Å². The fourth-order valence-electron chi connectivity index (χ4n) is 3.31. The molecular formula is C23H22F3N3O4. The molecule has 174 valence electrons. The number of alkyl halides is 3. The number of aromatic nitrogens is 1. The summed E-state index contributed by atoms with van der Waals surface area (Å²) in [5.74, 6) is -2.53. The van der Waals surface area contributed by atoms with Crippen molar-refractivity contribution < 1.29 is 27.2 Å². The van der Waals surface area contributed by atoms with Gasteiger partial charge in [-0.3, -0.25) is 14.4 Å². The molecule has 0 aliphatic carbocycles. The third-order valence-corrected chi connectivity index (χ3v) is 4.95. The van der Waals surface area contributed by atoms with E-state index in [0.29, 0.717) is 19.4 Å². The molecule has 2 heterocycles. The van der Waals surface area contributed by atoms with Crippen LogP contribution in [0, 0.1) is 0 Å². The number of amides is 2. The molecule has 0 aliphatic heterocycles. The first-order valence-electron chi connectivity index (χ1n) is 10.1. The van der Waals surface area contributed by atoms with Gasteiger partial charge in [0, 0.05) is 26.0 Å². The molecule has 3 aromatic rings. The highest BCUT2D eigenvalue weighted by Crippen LogP contribution is 2.33. The monoisotopic (exact) mass is 461 g/mol. The third-order valence-electron chi connectivity index (χ3n) is 4.95. The third kappa shape index (κ3) is 5.91. The molecule has 1 aromatic carbocycles. The van der Waals surface area contributed by atoms with Gasteiger partial charge in [-0.05, 0) is 30.5 Å². The van der Waals surface area contributed by atoms with Crippen molar-refractivity contribution in [1.82, 2.24) is 15.2 Å². The standard InChI is InChI=1S/C23H22F3N3O4/c1-27-21(31)16-13-29(11-5-9-15-7-3-2-4-8-15)14-17(19(16)30)22(32)28-20(23(24,25)26)18-10-6-12-33-18/h2-4,6-8,10,12-14,20H,5,9,11H2,1H3,(H,27,31)(H,28,32). The van der Waals surface area contributed by atoms with Crippen molar-refractivity contribution in [3.8, 4) is 0 Å². The maximum absolute atomic E-state index is 13.5. The minimum atomic E-state index is -4.86. The van der Waals surface area contributed by atoms with Crippen LogP contribution in [-0.2, 0) is 13.0 Å². The Labute approximate surface area is 187 Å². The highest BCUT2D eigenvalue weighted by Gasteiger charge is 2.44. The van der Waals surface area contributed by atoms with Gasteiger partial charge in [-0.1, -0.05) is 30.3 Å². The number of hydrogen-bond acceptors (Lipinski definition) is 4. The maximum Gasteiger partial charge on any atom is 0.415 e. The Morgan fingerprint density at radius 3 is 2.27 bits per heavy atom. The van der Waals surface area contributed by atoms with E-state index < -0.39 is 40.8 Å². The summed E-state index contributed by atoms with van der Waals surface area (Å²) in [5, 5.41) is 4.11. The van der Waals surface area contributed by atoms with Crippen molar-refractivity contribution in [2.24, 2.45) is 0 Å². The first-order chi connectivity index (χ1) is 15.7. The van der Waals surface area contributed by atoms with E-state index >= 15 is 0 Å². The highest BCUT2D eigenvalue weighted by molar-refractivity contribution is 5.99. The van der Waals surface area contributed by atoms with Crippen LogP contribution in [0.5, 0.6) is 0 Å². The minimum Gasteiger partial charge on any atom is -0.467 e. The number of hydrogen-bond donors (Lipinski definition) is 2. The number of pyridine rings is 1. The van der Waals surface area contributed by atoms with Gasteiger partial charge >= 0.3 is 6.18 Å². The first kappa shape index (κ1) is 23.8. The average molecular weight is 461 g/mol. The van der Waals surface area contributed by atoms with Gasteiger partial charge in [0.2, 0.25) is 5.43 Å². The summed E-state index contributed by atoms with van der Waals surface area (Å²) in [4.78, 5) is 37.6. The predicted octanol–water partition coefficient (Wildman–Crippen LogP) is 3.47. The normalized spacial score (nSPS) is 12.2. The van der Waals surface area contributed by atoms with E-state index in [1.165, 1.54) is 23.9 Å². The topological polar surface area (TPSA) is 93.3 Å². The Kier molecular flexibility index (Phi) is 7.37. The first-order valence-corrected chi connectivity index (χ1v) is 10.1. The summed E-state index contributed by atoms with van der Waals surface area (Å²) < 4.78 is 46.8. The SMILES string of the molecule is CNC(=O)c1cn(CCCc2ccccc2)cc(C(=O)NC(c2ccco2)C(F)(F)F)c1=O. The van der Waals surface area contributed by atoms with E-state index in [1.807, 2.05) is 35.6 Å². The lowest BCUT2D eigenvalue weighted by Crippen LogP contribution is -2.41. The summed E-state index contributed by atoms with van der Waals surface area (Å²) in [5.41, 5.74) is -0.802. The number of aryl methyl sites for hydroxylation is 2. The molecule has 0 radical (unpaired) electrons. The van der Waals surface area contributed by atoms with E-state index in [0.717, 1.165) is 24.1 Å². The molecule has 10 heteroatoms. The molecule has 2 N–H and O–H groups in total. The van der Waals surface area contributed by atoms with E-state index in [9.17, 15) is 27.6 Å². The van der Waals surface area contributed by atoms with Crippen LogP contribution in [0.1, 0.15) is 44.5 Å². The molecule has 2 amide bonds. The zero-order valence-electron chi connectivity index (χ0n) is 17.7. The van der Waals surface area contributed by atoms with Gasteiger partial charge in [-0.15, -0.1) is 0 Å². The van der Waals surface area contributed by atoms with Crippen molar-refractivity contribution in [2.45, 2.75) is 31.6 Å². The van der Waals surface area contributed by atoms with Crippen LogP contribution in [0.15, 0.2) is 70.3 Å². The van der Waals surface area contributed by atoms with Crippen molar-refractivity contribution >= 4 is 11.8 Å². The molecule has 0 bridgehead atoms. The second-order valence-corrected chi connectivity index (χ2v) is 7.28. The van der Waals surface area contributed by atoms with Gasteiger partial charge in [-0.2, -0.15) is 13.2 Å². The van der Waals surface area contributed by atoms with Gasteiger partial charge < -0.3 is 19.6 Å². The lowest BCUT2D eigenvalue weighted by Gasteiger charge is -2.20. The second kappa shape index (κ2) is 10.2. The molecule has 33 heavy (non-hydrogen) atoms. The Hall–Kier alpha value is -3.82. The number of rotatable bonds is 8. The zero-order valence-corrected chi connectivity index (χ0v) is 17.7. The lowest BCUT2D eigenvalue weighted by atomic mass is 10.1. The van der Waals surface area contributed by atoms with E-state index in [2.05, 4.69) is 5.32 Å². The highest BCUT2D eigenvalue weighted by atomic mass is 19.4. The summed E-state index contributed by atoms with van der Waals surface area (Å²) in [6, 6.07) is 9.47. The minimum absolute atomic E-state index is 0.334. The fraction of sp³-hybridized carbons (Fsp3) is 0.261. The number of carbonyl (C=O) groups excluding carboxylic acids is 2. The molecule has 0 spiro atoms. The van der Waals surface area contributed by atoms with Crippen LogP contribution in [0.2, 0.25) is 0 Å². The van der Waals surface area contributed by atoms with E-state index in [4.69, 9.17) is 4.42 Å². The van der Waals surface area contributed by atoms with Crippen molar-refractivity contribution in [1.29, 1.82) is 0 Å².